The van der Waals surface area contributed by atoms with Crippen molar-refractivity contribution in [3.63, 3.8) is 0 Å². The lowest BCUT2D eigenvalue weighted by Gasteiger charge is -2.29. The largest absolute Gasteiger partial charge is 0.356 e. The molecule has 5 nitrogen and oxygen atoms in total. The average molecular weight is 541 g/mol. The van der Waals surface area contributed by atoms with Crippen molar-refractivity contribution in [2.24, 2.45) is 4.99 Å². The van der Waals surface area contributed by atoms with Crippen LogP contribution in [0.1, 0.15) is 42.5 Å². The van der Waals surface area contributed by atoms with Gasteiger partial charge in [0, 0.05) is 38.1 Å². The minimum atomic E-state index is 0. The zero-order valence-corrected chi connectivity index (χ0v) is 20.6. The lowest BCUT2D eigenvalue weighted by molar-refractivity contribution is -0.132. The smallest absolute Gasteiger partial charge is 0.222 e. The summed E-state index contributed by atoms with van der Waals surface area (Å²) in [6.45, 7) is 4.29. The summed E-state index contributed by atoms with van der Waals surface area (Å²) in [5.41, 5.74) is 3.73. The predicted molar refractivity (Wildman–Crippen MR) is 135 cm³/mol. The Morgan fingerprint density at radius 2 is 1.97 bits per heavy atom. The van der Waals surface area contributed by atoms with Gasteiger partial charge in [-0.05, 0) is 48.6 Å². The molecule has 0 aliphatic carbocycles. The molecule has 7 heteroatoms. The standard InChI is InChI=1S/C23H29ClN4O.HI/c1-17(19-9-5-10-21(24)15-19)27-23(25-2)26-13-6-11-22(29)28-14-12-18-7-3-4-8-20(18)16-28;/h3-5,7-10,15,17H,6,11-14,16H2,1-2H3,(H2,25,26,27);1H. The summed E-state index contributed by atoms with van der Waals surface area (Å²) in [4.78, 5) is 18.8. The number of halogens is 2. The summed E-state index contributed by atoms with van der Waals surface area (Å²) in [7, 11) is 1.75. The first kappa shape index (κ1) is 24.5. The first-order valence-corrected chi connectivity index (χ1v) is 10.5. The summed E-state index contributed by atoms with van der Waals surface area (Å²) in [5.74, 6) is 0.938. The number of rotatable bonds is 6. The van der Waals surface area contributed by atoms with E-state index >= 15 is 0 Å². The molecule has 1 amide bonds. The Labute approximate surface area is 201 Å². The number of amides is 1. The quantitative estimate of drug-likeness (QED) is 0.245. The highest BCUT2D eigenvalue weighted by molar-refractivity contribution is 14.0. The van der Waals surface area contributed by atoms with E-state index in [2.05, 4.69) is 40.7 Å². The highest BCUT2D eigenvalue weighted by atomic mass is 127. The maximum Gasteiger partial charge on any atom is 0.222 e. The van der Waals surface area contributed by atoms with Crippen molar-refractivity contribution in [3.05, 3.63) is 70.2 Å². The molecule has 0 bridgehead atoms. The Morgan fingerprint density at radius 1 is 1.20 bits per heavy atom. The first-order valence-electron chi connectivity index (χ1n) is 10.1. The molecule has 0 spiro atoms. The van der Waals surface area contributed by atoms with Crippen LogP contribution in [0.2, 0.25) is 5.02 Å². The lowest BCUT2D eigenvalue weighted by atomic mass is 9.99. The molecule has 0 aromatic heterocycles. The van der Waals surface area contributed by atoms with Gasteiger partial charge in [-0.1, -0.05) is 48.0 Å². The number of aliphatic imine (C=N–C) groups is 1. The van der Waals surface area contributed by atoms with E-state index in [9.17, 15) is 4.79 Å². The number of hydrogen-bond acceptors (Lipinski definition) is 2. The fourth-order valence-corrected chi connectivity index (χ4v) is 3.77. The Balaban J connectivity index is 0.00000320. The third kappa shape index (κ3) is 6.87. The molecule has 162 valence electrons. The van der Waals surface area contributed by atoms with E-state index in [1.165, 1.54) is 11.1 Å². The van der Waals surface area contributed by atoms with Crippen LogP contribution in [0.4, 0.5) is 0 Å². The van der Waals surface area contributed by atoms with E-state index in [4.69, 9.17) is 11.6 Å². The lowest BCUT2D eigenvalue weighted by Crippen LogP contribution is -2.40. The maximum absolute atomic E-state index is 12.6. The Bertz CT molecular complexity index is 874. The monoisotopic (exact) mass is 540 g/mol. The Morgan fingerprint density at radius 3 is 2.70 bits per heavy atom. The van der Waals surface area contributed by atoms with Crippen molar-refractivity contribution in [2.45, 2.75) is 38.8 Å². The van der Waals surface area contributed by atoms with Crippen LogP contribution >= 0.6 is 35.6 Å². The normalized spacial score (nSPS) is 14.4. The van der Waals surface area contributed by atoms with Crippen LogP contribution in [0.3, 0.4) is 0 Å². The molecule has 1 atom stereocenters. The van der Waals surface area contributed by atoms with Crippen molar-refractivity contribution in [1.82, 2.24) is 15.5 Å². The SMILES string of the molecule is CN=C(NCCCC(=O)N1CCc2ccccc2C1)NC(C)c1cccc(Cl)c1.I. The number of fused-ring (bicyclic) bond motifs is 1. The van der Waals surface area contributed by atoms with Gasteiger partial charge in [-0.25, -0.2) is 0 Å². The van der Waals surface area contributed by atoms with Crippen molar-refractivity contribution in [1.29, 1.82) is 0 Å². The molecule has 3 rings (SSSR count). The minimum Gasteiger partial charge on any atom is -0.356 e. The molecular weight excluding hydrogens is 511 g/mol. The molecule has 2 N–H and O–H groups in total. The van der Waals surface area contributed by atoms with E-state index in [1.54, 1.807) is 7.05 Å². The van der Waals surface area contributed by atoms with Crippen molar-refractivity contribution < 1.29 is 4.79 Å². The van der Waals surface area contributed by atoms with Crippen LogP contribution in [0.5, 0.6) is 0 Å². The Kier molecular flexibility index (Phi) is 9.91. The molecule has 2 aromatic rings. The molecule has 0 saturated carbocycles. The highest BCUT2D eigenvalue weighted by Gasteiger charge is 2.19. The third-order valence-corrected chi connectivity index (χ3v) is 5.50. The van der Waals surface area contributed by atoms with Gasteiger partial charge in [0.25, 0.3) is 0 Å². The number of carbonyl (C=O) groups is 1. The highest BCUT2D eigenvalue weighted by Crippen LogP contribution is 2.19. The average Bonchev–Trinajstić information content (AvgIpc) is 2.75. The third-order valence-electron chi connectivity index (χ3n) is 5.27. The predicted octanol–water partition coefficient (Wildman–Crippen LogP) is 4.55. The van der Waals surface area contributed by atoms with Crippen molar-refractivity contribution in [3.8, 4) is 0 Å². The molecular formula is C23H30ClIN4O. The molecule has 0 fully saturated rings. The number of benzene rings is 2. The molecule has 2 aromatic carbocycles. The second kappa shape index (κ2) is 12.2. The Hall–Kier alpha value is -1.80. The number of guanidine groups is 1. The van der Waals surface area contributed by atoms with Gasteiger partial charge in [0.15, 0.2) is 5.96 Å². The maximum atomic E-state index is 12.6. The molecule has 0 saturated heterocycles. The molecule has 1 unspecified atom stereocenters. The van der Waals surface area contributed by atoms with Crippen LogP contribution in [0.15, 0.2) is 53.5 Å². The summed E-state index contributed by atoms with van der Waals surface area (Å²) in [5, 5.41) is 7.37. The summed E-state index contributed by atoms with van der Waals surface area (Å²) in [6.07, 6.45) is 2.25. The number of carbonyl (C=O) groups excluding carboxylic acids is 1. The summed E-state index contributed by atoms with van der Waals surface area (Å²) < 4.78 is 0. The summed E-state index contributed by atoms with van der Waals surface area (Å²) >= 11 is 6.07. The van der Waals surface area contributed by atoms with E-state index in [1.807, 2.05) is 35.2 Å². The van der Waals surface area contributed by atoms with Crippen LogP contribution in [-0.4, -0.2) is 36.9 Å². The van der Waals surface area contributed by atoms with Gasteiger partial charge in [-0.2, -0.15) is 0 Å². The molecule has 1 aliphatic heterocycles. The van der Waals surface area contributed by atoms with E-state index < -0.39 is 0 Å². The summed E-state index contributed by atoms with van der Waals surface area (Å²) in [6, 6.07) is 16.2. The van der Waals surface area contributed by atoms with Gasteiger partial charge in [0.1, 0.15) is 0 Å². The number of hydrogen-bond donors (Lipinski definition) is 2. The van der Waals surface area contributed by atoms with Crippen molar-refractivity contribution in [2.75, 3.05) is 20.1 Å². The van der Waals surface area contributed by atoms with Gasteiger partial charge in [0.05, 0.1) is 6.04 Å². The van der Waals surface area contributed by atoms with Crippen LogP contribution in [0.25, 0.3) is 0 Å². The molecule has 1 heterocycles. The van der Waals surface area contributed by atoms with Crippen LogP contribution in [-0.2, 0) is 17.8 Å². The van der Waals surface area contributed by atoms with E-state index in [0.717, 1.165) is 42.5 Å². The van der Waals surface area contributed by atoms with E-state index in [-0.39, 0.29) is 35.9 Å². The zero-order valence-electron chi connectivity index (χ0n) is 17.5. The van der Waals surface area contributed by atoms with Gasteiger partial charge < -0.3 is 15.5 Å². The van der Waals surface area contributed by atoms with Crippen LogP contribution in [0, 0.1) is 0 Å². The second-order valence-corrected chi connectivity index (χ2v) is 7.79. The van der Waals surface area contributed by atoms with Gasteiger partial charge in [-0.15, -0.1) is 24.0 Å². The minimum absolute atomic E-state index is 0. The van der Waals surface area contributed by atoms with Gasteiger partial charge in [0.2, 0.25) is 5.91 Å². The molecule has 30 heavy (non-hydrogen) atoms. The fraction of sp³-hybridized carbons (Fsp3) is 0.391. The van der Waals surface area contributed by atoms with Crippen molar-refractivity contribution >= 4 is 47.4 Å². The second-order valence-electron chi connectivity index (χ2n) is 7.36. The molecule has 1 aliphatic rings. The first-order chi connectivity index (χ1) is 14.1. The van der Waals surface area contributed by atoms with E-state index in [0.29, 0.717) is 13.0 Å². The zero-order chi connectivity index (χ0) is 20.6. The fourth-order valence-electron chi connectivity index (χ4n) is 3.57. The topological polar surface area (TPSA) is 56.7 Å². The van der Waals surface area contributed by atoms with Gasteiger partial charge in [-0.3, -0.25) is 9.79 Å². The number of nitrogens with one attached hydrogen (secondary N) is 2. The molecule has 0 radical (unpaired) electrons. The van der Waals surface area contributed by atoms with Crippen LogP contribution < -0.4 is 10.6 Å². The van der Waals surface area contributed by atoms with Gasteiger partial charge >= 0.3 is 0 Å². The number of nitrogens with zero attached hydrogens (tertiary/aromatic N) is 2.